The van der Waals surface area contributed by atoms with Crippen LogP contribution in [-0.4, -0.2) is 31.5 Å². The van der Waals surface area contributed by atoms with Crippen molar-refractivity contribution in [2.24, 2.45) is 0 Å². The number of methoxy groups -OCH3 is 2. The first kappa shape index (κ1) is 12.6. The summed E-state index contributed by atoms with van der Waals surface area (Å²) in [6, 6.07) is 0.141. The molecule has 0 fully saturated rings. The summed E-state index contributed by atoms with van der Waals surface area (Å²) in [4.78, 5) is 4.37. The second-order valence-electron chi connectivity index (χ2n) is 3.37. The van der Waals surface area contributed by atoms with Gasteiger partial charge in [-0.15, -0.1) is 11.3 Å². The standard InChI is InChI=1S/C10H18N2O2S/c1-7(10(13-3)14-4)11-5-9-6-15-8(2)12-9/h6-7,10-11H,5H2,1-4H3. The minimum atomic E-state index is -0.218. The van der Waals surface area contributed by atoms with Crippen LogP contribution in [0.3, 0.4) is 0 Å². The van der Waals surface area contributed by atoms with Crippen molar-refractivity contribution in [2.75, 3.05) is 14.2 Å². The maximum absolute atomic E-state index is 5.15. The number of ether oxygens (including phenoxy) is 2. The number of nitrogens with one attached hydrogen (secondary N) is 1. The summed E-state index contributed by atoms with van der Waals surface area (Å²) in [6.07, 6.45) is -0.218. The molecule has 5 heteroatoms. The lowest BCUT2D eigenvalue weighted by molar-refractivity contribution is -0.119. The maximum atomic E-state index is 5.15. The molecule has 86 valence electrons. The molecule has 0 bridgehead atoms. The normalized spacial score (nSPS) is 13.4. The highest BCUT2D eigenvalue weighted by Gasteiger charge is 2.14. The van der Waals surface area contributed by atoms with E-state index in [2.05, 4.69) is 15.7 Å². The molecule has 1 unspecified atom stereocenters. The van der Waals surface area contributed by atoms with Crippen LogP contribution < -0.4 is 5.32 Å². The van der Waals surface area contributed by atoms with Gasteiger partial charge in [0.2, 0.25) is 0 Å². The first-order valence-electron chi connectivity index (χ1n) is 4.87. The quantitative estimate of drug-likeness (QED) is 0.753. The van der Waals surface area contributed by atoms with E-state index >= 15 is 0 Å². The molecule has 0 aromatic carbocycles. The molecule has 1 N–H and O–H groups in total. The minimum Gasteiger partial charge on any atom is -0.354 e. The highest BCUT2D eigenvalue weighted by Crippen LogP contribution is 2.08. The summed E-state index contributed by atoms with van der Waals surface area (Å²) in [5.41, 5.74) is 1.07. The molecule has 1 rings (SSSR count). The molecular formula is C10H18N2O2S. The molecule has 4 nitrogen and oxygen atoms in total. The van der Waals surface area contributed by atoms with Crippen molar-refractivity contribution in [3.05, 3.63) is 16.1 Å². The highest BCUT2D eigenvalue weighted by molar-refractivity contribution is 7.09. The predicted molar refractivity (Wildman–Crippen MR) is 61.0 cm³/mol. The van der Waals surface area contributed by atoms with Crippen LogP contribution in [0.4, 0.5) is 0 Å². The lowest BCUT2D eigenvalue weighted by Gasteiger charge is -2.21. The van der Waals surface area contributed by atoms with Crippen molar-refractivity contribution in [2.45, 2.75) is 32.7 Å². The van der Waals surface area contributed by atoms with E-state index in [4.69, 9.17) is 9.47 Å². The zero-order valence-corrected chi connectivity index (χ0v) is 10.4. The number of hydrogen-bond acceptors (Lipinski definition) is 5. The van der Waals surface area contributed by atoms with Crippen molar-refractivity contribution < 1.29 is 9.47 Å². The van der Waals surface area contributed by atoms with E-state index in [0.29, 0.717) is 0 Å². The van der Waals surface area contributed by atoms with Crippen LogP contribution in [-0.2, 0) is 16.0 Å². The van der Waals surface area contributed by atoms with Gasteiger partial charge in [-0.1, -0.05) is 0 Å². The van der Waals surface area contributed by atoms with E-state index in [-0.39, 0.29) is 12.3 Å². The summed E-state index contributed by atoms with van der Waals surface area (Å²) in [5, 5.41) is 6.46. The third-order valence-corrected chi connectivity index (χ3v) is 2.97. The molecule has 0 amide bonds. The number of aromatic nitrogens is 1. The van der Waals surface area contributed by atoms with E-state index in [1.54, 1.807) is 25.6 Å². The van der Waals surface area contributed by atoms with E-state index in [0.717, 1.165) is 17.2 Å². The van der Waals surface area contributed by atoms with Gasteiger partial charge in [0.25, 0.3) is 0 Å². The lowest BCUT2D eigenvalue weighted by Crippen LogP contribution is -2.39. The van der Waals surface area contributed by atoms with Crippen molar-refractivity contribution >= 4 is 11.3 Å². The largest absolute Gasteiger partial charge is 0.354 e. The third-order valence-electron chi connectivity index (χ3n) is 2.14. The summed E-state index contributed by atoms with van der Waals surface area (Å²) in [5.74, 6) is 0. The fraction of sp³-hybridized carbons (Fsp3) is 0.700. The Hall–Kier alpha value is -0.490. The molecule has 1 aromatic heterocycles. The van der Waals surface area contributed by atoms with E-state index in [9.17, 15) is 0 Å². The van der Waals surface area contributed by atoms with E-state index in [1.807, 2.05) is 13.8 Å². The molecular weight excluding hydrogens is 212 g/mol. The SMILES string of the molecule is COC(OC)C(C)NCc1csc(C)n1. The minimum absolute atomic E-state index is 0.141. The average molecular weight is 230 g/mol. The van der Waals surface area contributed by atoms with Crippen LogP contribution in [0.15, 0.2) is 5.38 Å². The first-order valence-corrected chi connectivity index (χ1v) is 5.75. The highest BCUT2D eigenvalue weighted by atomic mass is 32.1. The molecule has 15 heavy (non-hydrogen) atoms. The van der Waals surface area contributed by atoms with Gasteiger partial charge >= 0.3 is 0 Å². The number of nitrogens with zero attached hydrogens (tertiary/aromatic N) is 1. The van der Waals surface area contributed by atoms with Gasteiger partial charge in [-0.3, -0.25) is 0 Å². The van der Waals surface area contributed by atoms with Gasteiger partial charge in [0.05, 0.1) is 16.7 Å². The summed E-state index contributed by atoms with van der Waals surface area (Å²) in [6.45, 7) is 4.77. The fourth-order valence-electron chi connectivity index (χ4n) is 1.36. The molecule has 0 saturated carbocycles. The molecule has 0 aliphatic heterocycles. The van der Waals surface area contributed by atoms with E-state index < -0.39 is 0 Å². The smallest absolute Gasteiger partial charge is 0.171 e. The Labute approximate surface area is 94.6 Å². The topological polar surface area (TPSA) is 43.4 Å². The molecule has 0 spiro atoms. The Kier molecular flexibility index (Phi) is 5.17. The number of thiazole rings is 1. The van der Waals surface area contributed by atoms with Crippen molar-refractivity contribution in [3.63, 3.8) is 0 Å². The molecule has 1 heterocycles. The Morgan fingerprint density at radius 1 is 1.47 bits per heavy atom. The summed E-state index contributed by atoms with van der Waals surface area (Å²) >= 11 is 1.66. The second kappa shape index (κ2) is 6.17. The van der Waals surface area contributed by atoms with Crippen molar-refractivity contribution in [1.29, 1.82) is 0 Å². The monoisotopic (exact) mass is 230 g/mol. The summed E-state index contributed by atoms with van der Waals surface area (Å²) in [7, 11) is 3.28. The molecule has 1 atom stereocenters. The molecule has 0 saturated heterocycles. The zero-order chi connectivity index (χ0) is 11.3. The van der Waals surface area contributed by atoms with Crippen LogP contribution in [0, 0.1) is 6.92 Å². The van der Waals surface area contributed by atoms with Gasteiger partial charge in [-0.25, -0.2) is 4.98 Å². The van der Waals surface area contributed by atoms with Crippen LogP contribution in [0.25, 0.3) is 0 Å². The Morgan fingerprint density at radius 3 is 2.60 bits per heavy atom. The van der Waals surface area contributed by atoms with Crippen LogP contribution in [0.5, 0.6) is 0 Å². The number of rotatable bonds is 6. The molecule has 0 aliphatic carbocycles. The number of hydrogen-bond donors (Lipinski definition) is 1. The fourth-order valence-corrected chi connectivity index (χ4v) is 1.97. The van der Waals surface area contributed by atoms with Crippen LogP contribution in [0.1, 0.15) is 17.6 Å². The van der Waals surface area contributed by atoms with Crippen LogP contribution in [0.2, 0.25) is 0 Å². The van der Waals surface area contributed by atoms with Gasteiger partial charge in [-0.05, 0) is 13.8 Å². The Bertz CT molecular complexity index is 287. The van der Waals surface area contributed by atoms with Crippen molar-refractivity contribution in [3.8, 4) is 0 Å². The lowest BCUT2D eigenvalue weighted by atomic mass is 10.3. The molecule has 1 aromatic rings. The first-order chi connectivity index (χ1) is 7.17. The van der Waals surface area contributed by atoms with Gasteiger partial charge < -0.3 is 14.8 Å². The summed E-state index contributed by atoms with van der Waals surface area (Å²) < 4.78 is 10.3. The maximum Gasteiger partial charge on any atom is 0.171 e. The van der Waals surface area contributed by atoms with E-state index in [1.165, 1.54) is 0 Å². The van der Waals surface area contributed by atoms with Crippen molar-refractivity contribution in [1.82, 2.24) is 10.3 Å². The average Bonchev–Trinajstić information content (AvgIpc) is 2.63. The van der Waals surface area contributed by atoms with Gasteiger partial charge in [0.15, 0.2) is 6.29 Å². The Balaban J connectivity index is 2.36. The van der Waals surface area contributed by atoms with Gasteiger partial charge in [-0.2, -0.15) is 0 Å². The molecule has 0 radical (unpaired) electrons. The second-order valence-corrected chi connectivity index (χ2v) is 4.43. The third kappa shape index (κ3) is 3.87. The Morgan fingerprint density at radius 2 is 2.13 bits per heavy atom. The molecule has 0 aliphatic rings. The van der Waals surface area contributed by atoms with Gasteiger partial charge in [0, 0.05) is 26.1 Å². The number of aryl methyl sites for hydroxylation is 1. The van der Waals surface area contributed by atoms with Gasteiger partial charge in [0.1, 0.15) is 0 Å². The van der Waals surface area contributed by atoms with Crippen LogP contribution >= 0.6 is 11.3 Å². The predicted octanol–water partition coefficient (Wildman–Crippen LogP) is 1.55. The zero-order valence-electron chi connectivity index (χ0n) is 9.61.